The zero-order valence-corrected chi connectivity index (χ0v) is 18.8. The van der Waals surface area contributed by atoms with Gasteiger partial charge in [-0.25, -0.2) is 4.98 Å². The zero-order chi connectivity index (χ0) is 22.4. The number of rotatable bonds is 7. The van der Waals surface area contributed by atoms with Crippen LogP contribution in [-0.4, -0.2) is 24.6 Å². The van der Waals surface area contributed by atoms with Crippen molar-refractivity contribution in [2.24, 2.45) is 0 Å². The van der Waals surface area contributed by atoms with Crippen molar-refractivity contribution >= 4 is 40.1 Å². The number of hydrogen-bond acceptors (Lipinski definition) is 6. The molecule has 8 heteroatoms. The number of amides is 1. The highest BCUT2D eigenvalue weighted by Gasteiger charge is 2.15. The second-order valence-corrected chi connectivity index (χ2v) is 8.04. The number of hydrogen-bond donors (Lipinski definition) is 1. The van der Waals surface area contributed by atoms with Crippen LogP contribution in [0.4, 0.5) is 5.13 Å². The topological polar surface area (TPSA) is 84.2 Å². The van der Waals surface area contributed by atoms with E-state index >= 15 is 0 Å². The Morgan fingerprint density at radius 1 is 1.29 bits per heavy atom. The van der Waals surface area contributed by atoms with Gasteiger partial charge < -0.3 is 9.47 Å². The number of thiazole rings is 1. The maximum atomic E-state index is 12.7. The van der Waals surface area contributed by atoms with Gasteiger partial charge in [0.05, 0.1) is 19.4 Å². The summed E-state index contributed by atoms with van der Waals surface area (Å²) in [5.74, 6) is 0.577. The molecule has 3 aromatic rings. The van der Waals surface area contributed by atoms with Crippen LogP contribution in [0, 0.1) is 18.3 Å². The third-order valence-corrected chi connectivity index (χ3v) is 5.40. The molecule has 1 N–H and O–H groups in total. The molecule has 3 rings (SSSR count). The van der Waals surface area contributed by atoms with Crippen molar-refractivity contribution in [2.75, 3.05) is 19.0 Å². The Morgan fingerprint density at radius 3 is 2.77 bits per heavy atom. The molecular formula is C23H20ClN3O3S. The normalized spacial score (nSPS) is 11.0. The molecule has 1 aromatic heterocycles. The largest absolute Gasteiger partial charge is 0.493 e. The van der Waals surface area contributed by atoms with Gasteiger partial charge in [-0.1, -0.05) is 29.8 Å². The molecule has 0 spiro atoms. The molecule has 0 aliphatic carbocycles. The van der Waals surface area contributed by atoms with Crippen molar-refractivity contribution in [3.8, 4) is 28.8 Å². The van der Waals surface area contributed by atoms with E-state index in [1.165, 1.54) is 24.5 Å². The average Bonchev–Trinajstić information content (AvgIpc) is 3.12. The molecule has 0 unspecified atom stereocenters. The molecule has 0 saturated carbocycles. The molecule has 0 fully saturated rings. The fourth-order valence-corrected chi connectivity index (χ4v) is 3.90. The van der Waals surface area contributed by atoms with Gasteiger partial charge in [0.15, 0.2) is 16.6 Å². The summed E-state index contributed by atoms with van der Waals surface area (Å²) in [7, 11) is 1.53. The Hall–Kier alpha value is -3.34. The lowest BCUT2D eigenvalue weighted by Gasteiger charge is -2.09. The second kappa shape index (κ2) is 10.1. The van der Waals surface area contributed by atoms with Gasteiger partial charge in [-0.2, -0.15) is 5.26 Å². The number of halogens is 1. The lowest BCUT2D eigenvalue weighted by molar-refractivity contribution is -0.112. The van der Waals surface area contributed by atoms with E-state index in [1.54, 1.807) is 24.3 Å². The van der Waals surface area contributed by atoms with Crippen molar-refractivity contribution < 1.29 is 14.3 Å². The first-order valence-electron chi connectivity index (χ1n) is 9.42. The lowest BCUT2D eigenvalue weighted by atomic mass is 10.1. The molecule has 0 bridgehead atoms. The highest BCUT2D eigenvalue weighted by Crippen LogP contribution is 2.32. The fourth-order valence-electron chi connectivity index (χ4n) is 2.88. The van der Waals surface area contributed by atoms with Gasteiger partial charge in [-0.05, 0) is 49.8 Å². The molecule has 6 nitrogen and oxygen atoms in total. The van der Waals surface area contributed by atoms with Crippen LogP contribution in [0.25, 0.3) is 17.3 Å². The molecule has 158 valence electrons. The van der Waals surface area contributed by atoms with E-state index in [-0.39, 0.29) is 5.57 Å². The number of nitrogens with zero attached hydrogens (tertiary/aromatic N) is 2. The van der Waals surface area contributed by atoms with E-state index in [0.29, 0.717) is 33.8 Å². The highest BCUT2D eigenvalue weighted by molar-refractivity contribution is 7.16. The summed E-state index contributed by atoms with van der Waals surface area (Å²) in [5.41, 5.74) is 2.19. The molecule has 0 aliphatic heterocycles. The minimum Gasteiger partial charge on any atom is -0.493 e. The zero-order valence-electron chi connectivity index (χ0n) is 17.2. The van der Waals surface area contributed by atoms with Crippen molar-refractivity contribution in [1.82, 2.24) is 4.98 Å². The first-order chi connectivity index (χ1) is 14.9. The van der Waals surface area contributed by atoms with E-state index in [4.69, 9.17) is 21.1 Å². The second-order valence-electron chi connectivity index (χ2n) is 6.40. The van der Waals surface area contributed by atoms with Gasteiger partial charge in [0.25, 0.3) is 5.91 Å². The molecule has 0 radical (unpaired) electrons. The molecule has 1 heterocycles. The summed E-state index contributed by atoms with van der Waals surface area (Å²) in [6, 6.07) is 14.5. The van der Waals surface area contributed by atoms with Gasteiger partial charge in [0.1, 0.15) is 11.6 Å². The first kappa shape index (κ1) is 22.3. The highest BCUT2D eigenvalue weighted by atomic mass is 35.5. The SMILES string of the molecule is CCOc1ccc(/C=C(\C#N)C(=O)Nc2nc(-c3cccc(Cl)c3)c(C)s2)cc1OC. The summed E-state index contributed by atoms with van der Waals surface area (Å²) in [6.45, 7) is 4.29. The van der Waals surface area contributed by atoms with Gasteiger partial charge in [0, 0.05) is 15.5 Å². The van der Waals surface area contributed by atoms with Crippen molar-refractivity contribution in [2.45, 2.75) is 13.8 Å². The number of ether oxygens (including phenoxy) is 2. The summed E-state index contributed by atoms with van der Waals surface area (Å²) >= 11 is 7.40. The Balaban J connectivity index is 1.82. The smallest absolute Gasteiger partial charge is 0.268 e. The summed E-state index contributed by atoms with van der Waals surface area (Å²) < 4.78 is 10.8. The number of aryl methyl sites for hydroxylation is 1. The molecular weight excluding hydrogens is 434 g/mol. The van der Waals surface area contributed by atoms with Crippen molar-refractivity contribution in [3.63, 3.8) is 0 Å². The van der Waals surface area contributed by atoms with E-state index in [2.05, 4.69) is 10.3 Å². The van der Waals surface area contributed by atoms with Crippen LogP contribution in [-0.2, 0) is 4.79 Å². The molecule has 0 saturated heterocycles. The Bertz CT molecular complexity index is 1180. The Labute approximate surface area is 189 Å². The predicted molar refractivity (Wildman–Crippen MR) is 124 cm³/mol. The van der Waals surface area contributed by atoms with Crippen LogP contribution in [0.15, 0.2) is 48.0 Å². The third kappa shape index (κ3) is 5.43. The average molecular weight is 454 g/mol. The molecule has 2 aromatic carbocycles. The fraction of sp³-hybridized carbons (Fsp3) is 0.174. The maximum Gasteiger partial charge on any atom is 0.268 e. The number of aromatic nitrogens is 1. The van der Waals surface area contributed by atoms with E-state index < -0.39 is 5.91 Å². The summed E-state index contributed by atoms with van der Waals surface area (Å²) in [6.07, 6.45) is 1.49. The van der Waals surface area contributed by atoms with Gasteiger partial charge >= 0.3 is 0 Å². The Kier molecular flexibility index (Phi) is 7.29. The van der Waals surface area contributed by atoms with Crippen molar-refractivity contribution in [3.05, 3.63) is 63.5 Å². The van der Waals surface area contributed by atoms with Crippen LogP contribution in [0.5, 0.6) is 11.5 Å². The minimum atomic E-state index is -0.540. The van der Waals surface area contributed by atoms with Gasteiger partial charge in [-0.3, -0.25) is 10.1 Å². The van der Waals surface area contributed by atoms with Crippen LogP contribution in [0.3, 0.4) is 0 Å². The standard InChI is InChI=1S/C23H20ClN3O3S/c1-4-30-19-9-8-15(11-20(19)29-3)10-17(13-25)22(28)27-23-26-21(14(2)31-23)16-6-5-7-18(24)12-16/h5-12H,4H2,1-3H3,(H,26,27,28)/b17-10+. The predicted octanol–water partition coefficient (Wildman–Crippen LogP) is 5.72. The third-order valence-electron chi connectivity index (χ3n) is 4.28. The number of carbonyl (C=O) groups is 1. The van der Waals surface area contributed by atoms with E-state index in [0.717, 1.165) is 16.1 Å². The minimum absolute atomic E-state index is 0.0524. The molecule has 0 atom stereocenters. The number of nitrogens with one attached hydrogen (secondary N) is 1. The first-order valence-corrected chi connectivity index (χ1v) is 10.6. The quantitative estimate of drug-likeness (QED) is 0.365. The summed E-state index contributed by atoms with van der Waals surface area (Å²) in [4.78, 5) is 18.1. The van der Waals surface area contributed by atoms with Gasteiger partial charge in [-0.15, -0.1) is 11.3 Å². The molecule has 0 aliphatic rings. The Morgan fingerprint density at radius 2 is 2.10 bits per heavy atom. The number of methoxy groups -OCH3 is 1. The number of carbonyl (C=O) groups excluding carboxylic acids is 1. The number of nitriles is 1. The monoisotopic (exact) mass is 453 g/mol. The maximum absolute atomic E-state index is 12.7. The van der Waals surface area contributed by atoms with Crippen LogP contribution in [0.1, 0.15) is 17.4 Å². The molecule has 31 heavy (non-hydrogen) atoms. The van der Waals surface area contributed by atoms with Crippen molar-refractivity contribution in [1.29, 1.82) is 5.26 Å². The summed E-state index contributed by atoms with van der Waals surface area (Å²) in [5, 5.41) is 13.2. The van der Waals surface area contributed by atoms with E-state index in [9.17, 15) is 10.1 Å². The number of benzene rings is 2. The van der Waals surface area contributed by atoms with Crippen LogP contribution >= 0.6 is 22.9 Å². The van der Waals surface area contributed by atoms with E-state index in [1.807, 2.05) is 38.1 Å². The van der Waals surface area contributed by atoms with Gasteiger partial charge in [0.2, 0.25) is 0 Å². The lowest BCUT2D eigenvalue weighted by Crippen LogP contribution is -2.13. The molecule has 1 amide bonds. The van der Waals surface area contributed by atoms with Crippen LogP contribution < -0.4 is 14.8 Å². The van der Waals surface area contributed by atoms with Crippen LogP contribution in [0.2, 0.25) is 5.02 Å². The number of anilines is 1.